The number of hydrogen-bond acceptors (Lipinski definition) is 2. The number of fused-ring (bicyclic) bond motifs is 3. The third-order valence-electron chi connectivity index (χ3n) is 9.32. The highest BCUT2D eigenvalue weighted by atomic mass is 16.3. The molecule has 0 saturated heterocycles. The number of benzene rings is 2. The van der Waals surface area contributed by atoms with E-state index in [0.29, 0.717) is 34.7 Å². The van der Waals surface area contributed by atoms with E-state index in [-0.39, 0.29) is 5.41 Å². The molecule has 150 valence electrons. The van der Waals surface area contributed by atoms with Crippen molar-refractivity contribution in [2.45, 2.75) is 64.2 Å². The highest BCUT2D eigenvalue weighted by molar-refractivity contribution is 5.90. The van der Waals surface area contributed by atoms with Gasteiger partial charge in [-0.2, -0.15) is 0 Å². The van der Waals surface area contributed by atoms with Crippen molar-refractivity contribution in [2.75, 3.05) is 0 Å². The highest BCUT2D eigenvalue weighted by Gasteiger charge is 2.76. The van der Waals surface area contributed by atoms with Crippen molar-refractivity contribution in [2.24, 2.45) is 22.7 Å². The minimum absolute atomic E-state index is 0.0522. The van der Waals surface area contributed by atoms with Gasteiger partial charge in [-0.05, 0) is 96.4 Å². The smallest absolute Gasteiger partial charge is 0.139 e. The van der Waals surface area contributed by atoms with E-state index < -0.39 is 0 Å². The second-order valence-electron chi connectivity index (χ2n) is 10.4. The van der Waals surface area contributed by atoms with Gasteiger partial charge in [0.15, 0.2) is 0 Å². The average Bonchev–Trinajstić information content (AvgIpc) is 3.39. The first kappa shape index (κ1) is 17.7. The van der Waals surface area contributed by atoms with Crippen molar-refractivity contribution in [3.63, 3.8) is 0 Å². The predicted octanol–water partition coefficient (Wildman–Crippen LogP) is 5.60. The van der Waals surface area contributed by atoms with Gasteiger partial charge in [-0.25, -0.2) is 0 Å². The van der Waals surface area contributed by atoms with E-state index in [1.165, 1.54) is 29.5 Å². The topological polar surface area (TPSA) is 37.3 Å². The molecule has 0 amide bonds. The molecule has 1 spiro atoms. The molecule has 5 atom stereocenters. The van der Waals surface area contributed by atoms with Crippen LogP contribution in [0.4, 0.5) is 0 Å². The Kier molecular flexibility index (Phi) is 3.65. The Hall–Kier alpha value is -2.09. The third-order valence-corrected chi connectivity index (χ3v) is 9.32. The monoisotopic (exact) mass is 386 g/mol. The number of hydrogen-bond donors (Lipinski definition) is 1. The van der Waals surface area contributed by atoms with E-state index in [0.717, 1.165) is 44.1 Å². The zero-order valence-corrected chi connectivity index (χ0v) is 17.3. The van der Waals surface area contributed by atoms with E-state index in [4.69, 9.17) is 0 Å². The fourth-order valence-electron chi connectivity index (χ4n) is 7.75. The van der Waals surface area contributed by atoms with Crippen LogP contribution in [0.1, 0.15) is 67.2 Å². The molecule has 2 aromatic rings. The van der Waals surface area contributed by atoms with Crippen LogP contribution in [-0.4, -0.2) is 10.9 Å². The van der Waals surface area contributed by atoms with Crippen molar-refractivity contribution in [3.8, 4) is 5.75 Å². The van der Waals surface area contributed by atoms with Gasteiger partial charge in [0, 0.05) is 11.8 Å². The lowest BCUT2D eigenvalue weighted by molar-refractivity contribution is -0.132. The zero-order chi connectivity index (χ0) is 19.8. The summed E-state index contributed by atoms with van der Waals surface area (Å²) in [4.78, 5) is 12.8. The molecule has 0 aliphatic heterocycles. The zero-order valence-electron chi connectivity index (χ0n) is 17.3. The van der Waals surface area contributed by atoms with Crippen molar-refractivity contribution < 1.29 is 9.90 Å². The standard InChI is InChI=1S/C27H30O2/c1-26-12-11-21-22-13-19(8-7-17-5-3-2-4-6-17)24(28)14-18(22)9-10-23(21)27(26)16-20(27)15-25(26)29/h2-6,13-14,20-21,23,28H,7-12,15-16H2,1H3/t20?,21?,23?,26-,27?/m1/s1. The maximum absolute atomic E-state index is 12.8. The summed E-state index contributed by atoms with van der Waals surface area (Å²) in [6.07, 6.45) is 8.40. The molecule has 2 aromatic carbocycles. The van der Waals surface area contributed by atoms with Crippen LogP contribution in [-0.2, 0) is 24.1 Å². The van der Waals surface area contributed by atoms with Crippen molar-refractivity contribution >= 4 is 5.78 Å². The van der Waals surface area contributed by atoms with Crippen LogP contribution in [0.5, 0.6) is 5.75 Å². The summed E-state index contributed by atoms with van der Waals surface area (Å²) >= 11 is 0. The van der Waals surface area contributed by atoms with Crippen LogP contribution in [0, 0.1) is 22.7 Å². The molecule has 0 aromatic heterocycles. The largest absolute Gasteiger partial charge is 0.508 e. The Balaban J connectivity index is 1.32. The Labute approximate surface area is 173 Å². The van der Waals surface area contributed by atoms with Gasteiger partial charge in [-0.3, -0.25) is 4.79 Å². The highest BCUT2D eigenvalue weighted by Crippen LogP contribution is 2.80. The molecule has 0 radical (unpaired) electrons. The predicted molar refractivity (Wildman–Crippen MR) is 114 cm³/mol. The van der Waals surface area contributed by atoms with E-state index in [2.05, 4.69) is 49.4 Å². The lowest BCUT2D eigenvalue weighted by atomic mass is 9.52. The van der Waals surface area contributed by atoms with Crippen LogP contribution in [0.3, 0.4) is 0 Å². The molecule has 4 unspecified atom stereocenters. The number of carbonyl (C=O) groups is 1. The second kappa shape index (κ2) is 5.97. The van der Waals surface area contributed by atoms with Crippen LogP contribution in [0.2, 0.25) is 0 Å². The summed E-state index contributed by atoms with van der Waals surface area (Å²) < 4.78 is 0. The second-order valence-corrected chi connectivity index (χ2v) is 10.4. The van der Waals surface area contributed by atoms with Gasteiger partial charge in [-0.1, -0.05) is 43.3 Å². The van der Waals surface area contributed by atoms with E-state index in [1.54, 1.807) is 0 Å². The molecule has 4 aliphatic carbocycles. The SMILES string of the molecule is C[C@]12CCC3c4cc(CCc5ccccc5)c(O)cc4CCC3C13CC3CC2=O. The Morgan fingerprint density at radius 2 is 1.93 bits per heavy atom. The van der Waals surface area contributed by atoms with E-state index in [1.807, 2.05) is 0 Å². The molecule has 29 heavy (non-hydrogen) atoms. The molecular weight excluding hydrogens is 356 g/mol. The average molecular weight is 387 g/mol. The van der Waals surface area contributed by atoms with Crippen LogP contribution in [0.15, 0.2) is 42.5 Å². The number of phenols is 1. The van der Waals surface area contributed by atoms with Crippen molar-refractivity contribution in [3.05, 3.63) is 64.7 Å². The number of aryl methyl sites for hydroxylation is 3. The Morgan fingerprint density at radius 3 is 2.76 bits per heavy atom. The van der Waals surface area contributed by atoms with Crippen LogP contribution < -0.4 is 0 Å². The number of carbonyl (C=O) groups excluding carboxylic acids is 1. The van der Waals surface area contributed by atoms with Gasteiger partial charge in [0.25, 0.3) is 0 Å². The molecule has 2 heteroatoms. The third kappa shape index (κ3) is 2.32. The molecule has 3 saturated carbocycles. The van der Waals surface area contributed by atoms with E-state index in [9.17, 15) is 9.90 Å². The fraction of sp³-hybridized carbons (Fsp3) is 0.519. The minimum Gasteiger partial charge on any atom is -0.508 e. The summed E-state index contributed by atoms with van der Waals surface area (Å²) in [5.74, 6) is 2.92. The van der Waals surface area contributed by atoms with E-state index >= 15 is 0 Å². The molecule has 1 N–H and O–H groups in total. The van der Waals surface area contributed by atoms with Gasteiger partial charge in [0.2, 0.25) is 0 Å². The van der Waals surface area contributed by atoms with Gasteiger partial charge in [0.05, 0.1) is 0 Å². The van der Waals surface area contributed by atoms with Gasteiger partial charge < -0.3 is 5.11 Å². The summed E-state index contributed by atoms with van der Waals surface area (Å²) in [7, 11) is 0. The number of ketones is 1. The quantitative estimate of drug-likeness (QED) is 0.745. The summed E-state index contributed by atoms with van der Waals surface area (Å²) in [6, 6.07) is 14.9. The molecule has 4 aliphatic rings. The fourth-order valence-corrected chi connectivity index (χ4v) is 7.75. The molecule has 3 fully saturated rings. The lowest BCUT2D eigenvalue weighted by Gasteiger charge is -2.50. The number of aromatic hydroxyl groups is 1. The lowest BCUT2D eigenvalue weighted by Crippen LogP contribution is -2.46. The normalized spacial score (nSPS) is 36.7. The number of Topliss-reactive ketones (excluding diaryl/α,β-unsaturated/α-hetero) is 1. The molecule has 0 bridgehead atoms. The number of rotatable bonds is 3. The molecule has 0 heterocycles. The molecular formula is C27H30O2. The minimum atomic E-state index is -0.0522. The Morgan fingerprint density at radius 1 is 1.10 bits per heavy atom. The molecule has 2 nitrogen and oxygen atoms in total. The first-order valence-corrected chi connectivity index (χ1v) is 11.4. The van der Waals surface area contributed by atoms with Crippen molar-refractivity contribution in [1.82, 2.24) is 0 Å². The van der Waals surface area contributed by atoms with Gasteiger partial charge in [0.1, 0.15) is 11.5 Å². The molecule has 6 rings (SSSR count). The van der Waals surface area contributed by atoms with Gasteiger partial charge >= 0.3 is 0 Å². The maximum atomic E-state index is 12.8. The number of phenolic OH excluding ortho intramolecular Hbond substituents is 1. The first-order chi connectivity index (χ1) is 14.0. The van der Waals surface area contributed by atoms with Crippen molar-refractivity contribution in [1.29, 1.82) is 0 Å². The van der Waals surface area contributed by atoms with Crippen LogP contribution >= 0.6 is 0 Å². The van der Waals surface area contributed by atoms with Crippen LogP contribution in [0.25, 0.3) is 0 Å². The summed E-state index contributed by atoms with van der Waals surface area (Å²) in [6.45, 7) is 2.29. The van der Waals surface area contributed by atoms with Gasteiger partial charge in [-0.15, -0.1) is 0 Å². The summed E-state index contributed by atoms with van der Waals surface area (Å²) in [5.41, 5.74) is 5.50. The first-order valence-electron chi connectivity index (χ1n) is 11.4. The summed E-state index contributed by atoms with van der Waals surface area (Å²) in [5, 5.41) is 10.7. The maximum Gasteiger partial charge on any atom is 0.139 e. The Bertz CT molecular complexity index is 993.